The number of imide groups is 1. The van der Waals surface area contributed by atoms with Gasteiger partial charge in [-0.3, -0.25) is 10.6 Å². The van der Waals surface area contributed by atoms with E-state index in [2.05, 4.69) is 15.3 Å². The van der Waals surface area contributed by atoms with E-state index in [4.69, 9.17) is 0 Å². The van der Waals surface area contributed by atoms with Crippen LogP contribution >= 0.6 is 0 Å². The first-order valence-corrected chi connectivity index (χ1v) is 8.56. The van der Waals surface area contributed by atoms with Crippen LogP contribution in [0.15, 0.2) is 18.5 Å². The molecule has 1 rings (SSSR count). The lowest BCUT2D eigenvalue weighted by Gasteiger charge is -2.20. The molecular formula is C12H19N5O4S. The second-order valence-electron chi connectivity index (χ2n) is 4.50. The molecule has 0 atom stereocenters. The van der Waals surface area contributed by atoms with Crippen molar-refractivity contribution in [3.05, 3.63) is 18.5 Å². The second-order valence-corrected chi connectivity index (χ2v) is 6.41. The Balaban J connectivity index is 2.64. The Kier molecular flexibility index (Phi) is 6.70. The van der Waals surface area contributed by atoms with E-state index in [9.17, 15) is 18.0 Å². The molecule has 0 bridgehead atoms. The van der Waals surface area contributed by atoms with E-state index in [1.54, 1.807) is 6.07 Å². The zero-order valence-corrected chi connectivity index (χ0v) is 13.3. The Bertz CT molecular complexity index is 605. The van der Waals surface area contributed by atoms with Crippen LogP contribution in [-0.4, -0.2) is 47.6 Å². The fourth-order valence-corrected chi connectivity index (χ4v) is 2.39. The van der Waals surface area contributed by atoms with Gasteiger partial charge in [0.05, 0.1) is 6.26 Å². The molecule has 1 aromatic rings. The van der Waals surface area contributed by atoms with E-state index in [1.807, 2.05) is 12.2 Å². The first kappa shape index (κ1) is 17.8. The summed E-state index contributed by atoms with van der Waals surface area (Å²) in [4.78, 5) is 31.1. The molecule has 1 aromatic heterocycles. The number of nitrogens with one attached hydrogen (secondary N) is 2. The molecule has 0 aliphatic heterocycles. The molecule has 0 spiro atoms. The Morgan fingerprint density at radius 2 is 1.86 bits per heavy atom. The number of aromatic nitrogens is 2. The molecule has 1 heterocycles. The number of rotatable bonds is 6. The number of hydrogen-bond acceptors (Lipinski definition) is 6. The summed E-state index contributed by atoms with van der Waals surface area (Å²) < 4.78 is 23.9. The van der Waals surface area contributed by atoms with E-state index >= 15 is 0 Å². The van der Waals surface area contributed by atoms with Gasteiger partial charge < -0.3 is 0 Å². The molecule has 0 unspecified atom stereocenters. The minimum absolute atomic E-state index is 0.00434. The van der Waals surface area contributed by atoms with Gasteiger partial charge in [0.1, 0.15) is 0 Å². The number of carbonyl (C=O) groups excluding carboxylic acids is 2. The van der Waals surface area contributed by atoms with Crippen LogP contribution in [0, 0.1) is 0 Å². The molecule has 0 saturated carbocycles. The van der Waals surface area contributed by atoms with E-state index in [0.29, 0.717) is 10.7 Å². The smallest absolute Gasteiger partial charge is 0.276 e. The highest BCUT2D eigenvalue weighted by molar-refractivity contribution is 7.88. The third kappa shape index (κ3) is 6.04. The average molecular weight is 329 g/mol. The monoisotopic (exact) mass is 329 g/mol. The van der Waals surface area contributed by atoms with Crippen LogP contribution in [0.25, 0.3) is 0 Å². The summed E-state index contributed by atoms with van der Waals surface area (Å²) >= 11 is 0. The molecule has 0 aliphatic rings. The van der Waals surface area contributed by atoms with Crippen LogP contribution in [-0.2, 0) is 10.0 Å². The van der Waals surface area contributed by atoms with Gasteiger partial charge in [-0.05, 0) is 12.5 Å². The zero-order valence-electron chi connectivity index (χ0n) is 12.4. The maximum Gasteiger partial charge on any atom is 0.339 e. The highest BCUT2D eigenvalue weighted by Crippen LogP contribution is 2.04. The van der Waals surface area contributed by atoms with Gasteiger partial charge in [0.2, 0.25) is 16.0 Å². The molecule has 2 N–H and O–H groups in total. The van der Waals surface area contributed by atoms with Crippen LogP contribution in [0.5, 0.6) is 0 Å². The fraction of sp³-hybridized carbons (Fsp3) is 0.500. The summed E-state index contributed by atoms with van der Waals surface area (Å²) in [5.41, 5.74) is 0. The molecule has 22 heavy (non-hydrogen) atoms. The van der Waals surface area contributed by atoms with Crippen LogP contribution < -0.4 is 10.6 Å². The van der Waals surface area contributed by atoms with Gasteiger partial charge in [0.15, 0.2) is 0 Å². The quantitative estimate of drug-likeness (QED) is 0.756. The third-order valence-corrected chi connectivity index (χ3v) is 3.75. The first-order valence-electron chi connectivity index (χ1n) is 6.71. The largest absolute Gasteiger partial charge is 0.339 e. The van der Waals surface area contributed by atoms with E-state index in [1.165, 1.54) is 12.4 Å². The number of nitrogens with zero attached hydrogens (tertiary/aromatic N) is 3. The molecule has 0 radical (unpaired) electrons. The maximum absolute atomic E-state index is 11.9. The molecular weight excluding hydrogens is 310 g/mol. The van der Waals surface area contributed by atoms with Gasteiger partial charge in [0.25, 0.3) is 0 Å². The lowest BCUT2D eigenvalue weighted by molar-refractivity contribution is 0.219. The Hall–Kier alpha value is -2.23. The lowest BCUT2D eigenvalue weighted by Crippen LogP contribution is -2.47. The summed E-state index contributed by atoms with van der Waals surface area (Å²) in [7, 11) is -3.75. The minimum atomic E-state index is -3.75. The van der Waals surface area contributed by atoms with Gasteiger partial charge in [-0.25, -0.2) is 32.3 Å². The van der Waals surface area contributed by atoms with Gasteiger partial charge >= 0.3 is 12.1 Å². The fourth-order valence-electron chi connectivity index (χ4n) is 1.58. The van der Waals surface area contributed by atoms with Crippen molar-refractivity contribution in [2.75, 3.05) is 18.1 Å². The van der Waals surface area contributed by atoms with Crippen molar-refractivity contribution < 1.29 is 18.0 Å². The van der Waals surface area contributed by atoms with Gasteiger partial charge in [-0.2, -0.15) is 0 Å². The summed E-state index contributed by atoms with van der Waals surface area (Å²) in [6, 6.07) is -0.347. The van der Waals surface area contributed by atoms with Crippen molar-refractivity contribution in [3.63, 3.8) is 0 Å². The molecule has 0 aromatic carbocycles. The van der Waals surface area contributed by atoms with E-state index < -0.39 is 22.1 Å². The topological polar surface area (TPSA) is 121 Å². The second kappa shape index (κ2) is 8.27. The molecule has 4 amide bonds. The Morgan fingerprint density at radius 1 is 1.23 bits per heavy atom. The molecule has 9 nitrogen and oxygen atoms in total. The molecule has 122 valence electrons. The predicted molar refractivity (Wildman–Crippen MR) is 80.7 cm³/mol. The number of urea groups is 2. The standard InChI is InChI=1S/C12H19N5O4S/c1-3-4-5-9-17(22(2,20)21)12(19)16-11(18)15-10-13-7-6-8-14-10/h6-8H,3-5,9H2,1-2H3,(H2,13,14,15,16,18,19). The van der Waals surface area contributed by atoms with Crippen LogP contribution in [0.2, 0.25) is 0 Å². The van der Waals surface area contributed by atoms with E-state index in [-0.39, 0.29) is 12.5 Å². The number of sulfonamides is 1. The van der Waals surface area contributed by atoms with Crippen LogP contribution in [0.4, 0.5) is 15.5 Å². The number of amides is 4. The molecule has 10 heteroatoms. The van der Waals surface area contributed by atoms with Crippen LogP contribution in [0.3, 0.4) is 0 Å². The number of unbranched alkanes of at least 4 members (excludes halogenated alkanes) is 2. The van der Waals surface area contributed by atoms with Gasteiger partial charge in [-0.15, -0.1) is 0 Å². The summed E-state index contributed by atoms with van der Waals surface area (Å²) in [6.07, 6.45) is 5.93. The normalized spacial score (nSPS) is 10.8. The third-order valence-electron chi connectivity index (χ3n) is 2.60. The molecule has 0 aliphatic carbocycles. The summed E-state index contributed by atoms with van der Waals surface area (Å²) in [5.74, 6) is 0.00434. The highest BCUT2D eigenvalue weighted by atomic mass is 32.2. The van der Waals surface area contributed by atoms with Crippen LogP contribution in [0.1, 0.15) is 26.2 Å². The number of anilines is 1. The molecule has 0 saturated heterocycles. The Morgan fingerprint density at radius 3 is 2.41 bits per heavy atom. The average Bonchev–Trinajstić information content (AvgIpc) is 2.43. The van der Waals surface area contributed by atoms with Gasteiger partial charge in [-0.1, -0.05) is 19.8 Å². The minimum Gasteiger partial charge on any atom is -0.276 e. The van der Waals surface area contributed by atoms with Crippen molar-refractivity contribution in [2.45, 2.75) is 26.2 Å². The maximum atomic E-state index is 11.9. The SMILES string of the molecule is CCCCCN(C(=O)NC(=O)Nc1ncccn1)S(C)(=O)=O. The van der Waals surface area contributed by atoms with Crippen molar-refractivity contribution >= 4 is 28.0 Å². The first-order chi connectivity index (χ1) is 10.3. The zero-order chi connectivity index (χ0) is 16.6. The van der Waals surface area contributed by atoms with Crippen molar-refractivity contribution in [1.82, 2.24) is 19.6 Å². The Labute approximate surface area is 129 Å². The number of carbonyl (C=O) groups is 2. The van der Waals surface area contributed by atoms with Crippen molar-refractivity contribution in [3.8, 4) is 0 Å². The molecule has 0 fully saturated rings. The van der Waals surface area contributed by atoms with E-state index in [0.717, 1.165) is 19.1 Å². The predicted octanol–water partition coefficient (Wildman–Crippen LogP) is 1.17. The van der Waals surface area contributed by atoms with Crippen molar-refractivity contribution in [2.24, 2.45) is 0 Å². The summed E-state index contributed by atoms with van der Waals surface area (Å²) in [6.45, 7) is 1.98. The summed E-state index contributed by atoms with van der Waals surface area (Å²) in [5, 5.41) is 4.17. The number of hydrogen-bond donors (Lipinski definition) is 2. The van der Waals surface area contributed by atoms with Crippen molar-refractivity contribution in [1.29, 1.82) is 0 Å². The van der Waals surface area contributed by atoms with Gasteiger partial charge in [0, 0.05) is 18.9 Å². The highest BCUT2D eigenvalue weighted by Gasteiger charge is 2.24. The lowest BCUT2D eigenvalue weighted by atomic mass is 10.2.